The summed E-state index contributed by atoms with van der Waals surface area (Å²) in [6.07, 6.45) is 1.17. The molecule has 3 rings (SSSR count). The number of nitrogens with one attached hydrogen (secondary N) is 2. The number of halogens is 3. The van der Waals surface area contributed by atoms with Gasteiger partial charge >= 0.3 is 0 Å². The third-order valence-corrected chi connectivity index (χ3v) is 4.89. The van der Waals surface area contributed by atoms with Gasteiger partial charge in [-0.2, -0.15) is 5.26 Å². The first-order valence-electron chi connectivity index (χ1n) is 7.16. The van der Waals surface area contributed by atoms with Crippen LogP contribution in [0.4, 0.5) is 18.9 Å². The van der Waals surface area contributed by atoms with Crippen LogP contribution in [0.1, 0.15) is 5.56 Å². The van der Waals surface area contributed by atoms with Crippen molar-refractivity contribution in [2.75, 3.05) is 4.72 Å². The minimum Gasteiger partial charge on any atom is -0.360 e. The van der Waals surface area contributed by atoms with E-state index in [1.807, 2.05) is 4.72 Å². The number of sulfonamides is 1. The van der Waals surface area contributed by atoms with E-state index < -0.39 is 38.7 Å². The summed E-state index contributed by atoms with van der Waals surface area (Å²) < 4.78 is 67.1. The average molecular weight is 377 g/mol. The predicted octanol–water partition coefficient (Wildman–Crippen LogP) is 3.77. The number of nitrogens with zero attached hydrogens (tertiary/aromatic N) is 1. The summed E-state index contributed by atoms with van der Waals surface area (Å²) in [5.74, 6) is -2.57. The molecule has 0 aliphatic carbocycles. The monoisotopic (exact) mass is 377 g/mol. The summed E-state index contributed by atoms with van der Waals surface area (Å²) in [7, 11) is -4.21. The van der Waals surface area contributed by atoms with Crippen LogP contribution in [0.2, 0.25) is 0 Å². The van der Waals surface area contributed by atoms with E-state index in [4.69, 9.17) is 5.26 Å². The molecule has 1 aromatic heterocycles. The first kappa shape index (κ1) is 17.6. The Morgan fingerprint density at radius 3 is 2.35 bits per heavy atom. The molecule has 5 nitrogen and oxygen atoms in total. The van der Waals surface area contributed by atoms with Crippen LogP contribution in [0.5, 0.6) is 0 Å². The molecule has 0 spiro atoms. The van der Waals surface area contributed by atoms with Crippen LogP contribution >= 0.6 is 0 Å². The molecule has 26 heavy (non-hydrogen) atoms. The van der Waals surface area contributed by atoms with Crippen molar-refractivity contribution in [1.82, 2.24) is 4.98 Å². The Balaban J connectivity index is 1.91. The maximum atomic E-state index is 13.9. The molecule has 0 fully saturated rings. The largest absolute Gasteiger partial charge is 0.360 e. The second-order valence-electron chi connectivity index (χ2n) is 5.29. The normalized spacial score (nSPS) is 11.2. The minimum atomic E-state index is -4.21. The lowest BCUT2D eigenvalue weighted by Gasteiger charge is -2.08. The highest BCUT2D eigenvalue weighted by atomic mass is 32.2. The van der Waals surface area contributed by atoms with Gasteiger partial charge in [-0.05, 0) is 42.0 Å². The fraction of sp³-hybridized carbons (Fsp3) is 0. The maximum Gasteiger partial charge on any atom is 0.263 e. The van der Waals surface area contributed by atoms with Gasteiger partial charge in [0.25, 0.3) is 10.0 Å². The number of hydrogen-bond acceptors (Lipinski definition) is 3. The molecular formula is C17H10F3N3O2S. The van der Waals surface area contributed by atoms with E-state index in [1.54, 1.807) is 0 Å². The Morgan fingerprint density at radius 2 is 1.69 bits per heavy atom. The number of anilines is 1. The van der Waals surface area contributed by atoms with Crippen molar-refractivity contribution < 1.29 is 21.6 Å². The molecule has 0 saturated heterocycles. The topological polar surface area (TPSA) is 85.8 Å². The second kappa shape index (κ2) is 6.57. The van der Waals surface area contributed by atoms with Gasteiger partial charge in [0.15, 0.2) is 0 Å². The van der Waals surface area contributed by atoms with Gasteiger partial charge in [-0.25, -0.2) is 21.6 Å². The minimum absolute atomic E-state index is 0.221. The molecule has 0 bridgehead atoms. The smallest absolute Gasteiger partial charge is 0.263 e. The van der Waals surface area contributed by atoms with Crippen LogP contribution in [-0.2, 0) is 10.0 Å². The molecule has 1 heterocycles. The molecule has 0 unspecified atom stereocenters. The predicted molar refractivity (Wildman–Crippen MR) is 88.1 cm³/mol. The molecule has 0 amide bonds. The highest BCUT2D eigenvalue weighted by Gasteiger charge is 2.20. The summed E-state index contributed by atoms with van der Waals surface area (Å²) >= 11 is 0. The van der Waals surface area contributed by atoms with Gasteiger partial charge in [0.1, 0.15) is 28.4 Å². The summed E-state index contributed by atoms with van der Waals surface area (Å²) in [6.45, 7) is 0. The Labute approximate surface area is 146 Å². The first-order valence-corrected chi connectivity index (χ1v) is 8.65. The molecule has 0 atom stereocenters. The van der Waals surface area contributed by atoms with Crippen molar-refractivity contribution in [3.05, 3.63) is 71.7 Å². The lowest BCUT2D eigenvalue weighted by molar-refractivity contribution is 0.593. The van der Waals surface area contributed by atoms with E-state index >= 15 is 0 Å². The lowest BCUT2D eigenvalue weighted by Crippen LogP contribution is -2.13. The van der Waals surface area contributed by atoms with E-state index in [9.17, 15) is 21.6 Å². The van der Waals surface area contributed by atoms with Crippen LogP contribution in [0, 0.1) is 28.8 Å². The van der Waals surface area contributed by atoms with Crippen molar-refractivity contribution in [3.8, 4) is 17.3 Å². The van der Waals surface area contributed by atoms with Crippen molar-refractivity contribution in [2.45, 2.75) is 4.90 Å². The zero-order valence-corrected chi connectivity index (χ0v) is 13.7. The van der Waals surface area contributed by atoms with E-state index in [2.05, 4.69) is 4.98 Å². The number of aromatic amines is 1. The van der Waals surface area contributed by atoms with Crippen LogP contribution in [0.3, 0.4) is 0 Å². The van der Waals surface area contributed by atoms with E-state index in [1.165, 1.54) is 42.6 Å². The number of benzene rings is 2. The molecule has 0 aliphatic heterocycles. The molecule has 0 radical (unpaired) electrons. The summed E-state index contributed by atoms with van der Waals surface area (Å²) in [6, 6.07) is 9.29. The van der Waals surface area contributed by atoms with E-state index in [0.29, 0.717) is 23.4 Å². The standard InChI is InChI=1S/C17H10F3N3O2S/c18-12-3-1-10(2-4-12)16-6-13(9-22-16)26(24,25)23-17-7-14(19)11(8-21)5-15(17)20/h1-7,9,22-23H. The fourth-order valence-corrected chi connectivity index (χ4v) is 3.29. The molecule has 132 valence electrons. The number of nitriles is 1. The van der Waals surface area contributed by atoms with Crippen LogP contribution in [0.25, 0.3) is 11.3 Å². The SMILES string of the molecule is N#Cc1cc(F)c(NS(=O)(=O)c2c[nH]c(-c3ccc(F)cc3)c2)cc1F. The molecule has 2 aromatic carbocycles. The summed E-state index contributed by atoms with van der Waals surface area (Å²) in [5.41, 5.74) is -0.211. The third-order valence-electron chi connectivity index (χ3n) is 3.54. The van der Waals surface area contributed by atoms with Gasteiger partial charge in [0.2, 0.25) is 0 Å². The fourth-order valence-electron chi connectivity index (χ4n) is 2.24. The van der Waals surface area contributed by atoms with Crippen molar-refractivity contribution >= 4 is 15.7 Å². The average Bonchev–Trinajstić information content (AvgIpc) is 3.09. The highest BCUT2D eigenvalue weighted by Crippen LogP contribution is 2.25. The first-order chi connectivity index (χ1) is 12.3. The Morgan fingerprint density at radius 1 is 1.00 bits per heavy atom. The van der Waals surface area contributed by atoms with Crippen LogP contribution < -0.4 is 4.72 Å². The van der Waals surface area contributed by atoms with E-state index in [0.717, 1.165) is 0 Å². The van der Waals surface area contributed by atoms with Crippen LogP contribution in [-0.4, -0.2) is 13.4 Å². The maximum absolute atomic E-state index is 13.9. The van der Waals surface area contributed by atoms with Crippen molar-refractivity contribution in [3.63, 3.8) is 0 Å². The zero-order chi connectivity index (χ0) is 18.9. The zero-order valence-electron chi connectivity index (χ0n) is 12.9. The van der Waals surface area contributed by atoms with Gasteiger partial charge in [-0.1, -0.05) is 0 Å². The van der Waals surface area contributed by atoms with Crippen molar-refractivity contribution in [2.24, 2.45) is 0 Å². The van der Waals surface area contributed by atoms with Crippen molar-refractivity contribution in [1.29, 1.82) is 5.26 Å². The summed E-state index contributed by atoms with van der Waals surface area (Å²) in [4.78, 5) is 2.50. The van der Waals surface area contributed by atoms with Gasteiger partial charge in [0, 0.05) is 18.0 Å². The quantitative estimate of drug-likeness (QED) is 0.726. The number of H-pyrrole nitrogens is 1. The number of hydrogen-bond donors (Lipinski definition) is 2. The van der Waals surface area contributed by atoms with Gasteiger partial charge < -0.3 is 4.98 Å². The second-order valence-corrected chi connectivity index (χ2v) is 6.97. The van der Waals surface area contributed by atoms with Gasteiger partial charge in [-0.3, -0.25) is 4.72 Å². The van der Waals surface area contributed by atoms with Crippen LogP contribution in [0.15, 0.2) is 53.6 Å². The van der Waals surface area contributed by atoms with E-state index in [-0.39, 0.29) is 4.90 Å². The highest BCUT2D eigenvalue weighted by molar-refractivity contribution is 7.92. The molecule has 0 saturated carbocycles. The number of rotatable bonds is 4. The molecule has 2 N–H and O–H groups in total. The Kier molecular flexibility index (Phi) is 4.44. The Hall–Kier alpha value is -3.25. The third kappa shape index (κ3) is 3.41. The number of aromatic nitrogens is 1. The molecular weight excluding hydrogens is 367 g/mol. The molecule has 9 heteroatoms. The van der Waals surface area contributed by atoms with Gasteiger partial charge in [-0.15, -0.1) is 0 Å². The lowest BCUT2D eigenvalue weighted by atomic mass is 10.1. The van der Waals surface area contributed by atoms with Gasteiger partial charge in [0.05, 0.1) is 11.3 Å². The summed E-state index contributed by atoms with van der Waals surface area (Å²) in [5, 5.41) is 8.65. The molecule has 0 aliphatic rings. The molecule has 3 aromatic rings. The Bertz CT molecular complexity index is 1120.